The van der Waals surface area contributed by atoms with E-state index < -0.39 is 0 Å². The van der Waals surface area contributed by atoms with E-state index in [1.807, 2.05) is 23.8 Å². The van der Waals surface area contributed by atoms with Gasteiger partial charge in [-0.25, -0.2) is 10.1 Å². The SMILES string of the molecule is CCSc1n[nH]c(-n2ccc3nc4ccn([C@@H]5CCCC[C@H]5C)c(=O)c4cc3c2=O)n1. The van der Waals surface area contributed by atoms with Gasteiger partial charge < -0.3 is 4.57 Å². The Morgan fingerprint density at radius 2 is 1.81 bits per heavy atom. The number of pyridine rings is 3. The zero-order valence-corrected chi connectivity index (χ0v) is 18.4. The van der Waals surface area contributed by atoms with Crippen LogP contribution in [0.15, 0.2) is 45.3 Å². The van der Waals surface area contributed by atoms with Gasteiger partial charge in [0.2, 0.25) is 11.1 Å². The van der Waals surface area contributed by atoms with E-state index in [0.29, 0.717) is 38.8 Å². The number of hydrogen-bond acceptors (Lipinski definition) is 6. The average molecular weight is 437 g/mol. The van der Waals surface area contributed by atoms with Crippen molar-refractivity contribution in [2.45, 2.75) is 50.7 Å². The molecule has 1 saturated carbocycles. The smallest absolute Gasteiger partial charge is 0.266 e. The summed E-state index contributed by atoms with van der Waals surface area (Å²) in [5.41, 5.74) is 0.800. The molecule has 5 rings (SSSR count). The van der Waals surface area contributed by atoms with E-state index in [-0.39, 0.29) is 17.2 Å². The van der Waals surface area contributed by atoms with Gasteiger partial charge in [0.25, 0.3) is 11.1 Å². The zero-order chi connectivity index (χ0) is 21.5. The molecule has 0 aromatic carbocycles. The summed E-state index contributed by atoms with van der Waals surface area (Å²) in [6.07, 6.45) is 7.98. The molecule has 0 aliphatic heterocycles. The second-order valence-corrected chi connectivity index (χ2v) is 9.31. The van der Waals surface area contributed by atoms with Gasteiger partial charge in [0, 0.05) is 18.4 Å². The molecule has 9 heteroatoms. The molecule has 1 aliphatic rings. The van der Waals surface area contributed by atoms with Crippen LogP contribution in [0.4, 0.5) is 0 Å². The fourth-order valence-electron chi connectivity index (χ4n) is 4.52. The Labute approximate surface area is 182 Å². The van der Waals surface area contributed by atoms with Crippen LogP contribution in [0.5, 0.6) is 0 Å². The summed E-state index contributed by atoms with van der Waals surface area (Å²) in [4.78, 5) is 35.5. The van der Waals surface area contributed by atoms with Crippen molar-refractivity contribution in [2.24, 2.45) is 5.92 Å². The lowest BCUT2D eigenvalue weighted by Gasteiger charge is -2.30. The summed E-state index contributed by atoms with van der Waals surface area (Å²) in [5, 5.41) is 8.40. The van der Waals surface area contributed by atoms with E-state index in [1.165, 1.54) is 22.7 Å². The van der Waals surface area contributed by atoms with E-state index in [0.717, 1.165) is 25.0 Å². The normalized spacial score (nSPS) is 19.3. The molecular weight excluding hydrogens is 412 g/mol. The van der Waals surface area contributed by atoms with Crippen LogP contribution in [-0.4, -0.2) is 35.1 Å². The number of thioether (sulfide) groups is 1. The van der Waals surface area contributed by atoms with Crippen LogP contribution in [-0.2, 0) is 0 Å². The maximum atomic E-state index is 13.3. The third-order valence-corrected chi connectivity index (χ3v) is 6.88. The Morgan fingerprint density at radius 1 is 1.06 bits per heavy atom. The highest BCUT2D eigenvalue weighted by Crippen LogP contribution is 2.32. The summed E-state index contributed by atoms with van der Waals surface area (Å²) < 4.78 is 3.25. The third-order valence-electron chi connectivity index (χ3n) is 6.15. The van der Waals surface area contributed by atoms with Crippen LogP contribution < -0.4 is 11.1 Å². The number of nitrogens with one attached hydrogen (secondary N) is 1. The van der Waals surface area contributed by atoms with Gasteiger partial charge in [0.1, 0.15) is 0 Å². The summed E-state index contributed by atoms with van der Waals surface area (Å²) >= 11 is 1.49. The van der Waals surface area contributed by atoms with Crippen LogP contribution in [0.25, 0.3) is 27.8 Å². The molecule has 160 valence electrons. The quantitative estimate of drug-likeness (QED) is 0.387. The van der Waals surface area contributed by atoms with E-state index in [4.69, 9.17) is 0 Å². The lowest BCUT2D eigenvalue weighted by atomic mass is 9.85. The fourth-order valence-corrected chi connectivity index (χ4v) is 5.04. The fraction of sp³-hybridized carbons (Fsp3) is 0.409. The topological polar surface area (TPSA) is 98.5 Å². The Balaban J connectivity index is 1.66. The summed E-state index contributed by atoms with van der Waals surface area (Å²) in [5.74, 6) is 1.65. The highest BCUT2D eigenvalue weighted by molar-refractivity contribution is 7.99. The molecular formula is C22H24N6O2S. The molecule has 1 aliphatic carbocycles. The highest BCUT2D eigenvalue weighted by atomic mass is 32.2. The van der Waals surface area contributed by atoms with Crippen molar-refractivity contribution in [3.05, 3.63) is 51.3 Å². The minimum atomic E-state index is -0.281. The molecule has 4 heterocycles. The maximum Gasteiger partial charge on any atom is 0.266 e. The predicted molar refractivity (Wildman–Crippen MR) is 122 cm³/mol. The molecule has 8 nitrogen and oxygen atoms in total. The molecule has 1 fully saturated rings. The Kier molecular flexibility index (Phi) is 5.13. The first-order valence-corrected chi connectivity index (χ1v) is 11.7. The predicted octanol–water partition coefficient (Wildman–Crippen LogP) is 3.68. The van der Waals surface area contributed by atoms with Gasteiger partial charge >= 0.3 is 0 Å². The summed E-state index contributed by atoms with van der Waals surface area (Å²) in [6.45, 7) is 4.22. The van der Waals surface area contributed by atoms with Gasteiger partial charge in [0.15, 0.2) is 0 Å². The van der Waals surface area contributed by atoms with E-state index in [1.54, 1.807) is 18.3 Å². The second-order valence-electron chi connectivity index (χ2n) is 8.08. The van der Waals surface area contributed by atoms with Crippen LogP contribution in [0.1, 0.15) is 45.6 Å². The lowest BCUT2D eigenvalue weighted by Crippen LogP contribution is -2.30. The van der Waals surface area contributed by atoms with Crippen molar-refractivity contribution in [3.63, 3.8) is 0 Å². The summed E-state index contributed by atoms with van der Waals surface area (Å²) in [6, 6.07) is 5.52. The lowest BCUT2D eigenvalue weighted by molar-refractivity contribution is 0.253. The van der Waals surface area contributed by atoms with Crippen molar-refractivity contribution < 1.29 is 0 Å². The molecule has 2 atom stereocenters. The number of hydrogen-bond donors (Lipinski definition) is 1. The first-order valence-electron chi connectivity index (χ1n) is 10.7. The van der Waals surface area contributed by atoms with Crippen molar-refractivity contribution in [2.75, 3.05) is 5.75 Å². The van der Waals surface area contributed by atoms with E-state index in [9.17, 15) is 9.59 Å². The minimum absolute atomic E-state index is 0.0817. The second kappa shape index (κ2) is 7.96. The molecule has 4 aromatic heterocycles. The third kappa shape index (κ3) is 3.46. The number of fused-ring (bicyclic) bond motifs is 2. The largest absolute Gasteiger partial charge is 0.312 e. The number of nitrogens with zero attached hydrogens (tertiary/aromatic N) is 5. The van der Waals surface area contributed by atoms with Gasteiger partial charge in [-0.2, -0.15) is 4.98 Å². The molecule has 31 heavy (non-hydrogen) atoms. The first kappa shape index (κ1) is 20.0. The Hall–Kier alpha value is -2.94. The number of rotatable bonds is 4. The molecule has 0 amide bonds. The summed E-state index contributed by atoms with van der Waals surface area (Å²) in [7, 11) is 0. The minimum Gasteiger partial charge on any atom is -0.312 e. The first-order chi connectivity index (χ1) is 15.1. The Morgan fingerprint density at radius 3 is 2.58 bits per heavy atom. The van der Waals surface area contributed by atoms with Gasteiger partial charge in [-0.15, -0.1) is 5.10 Å². The molecule has 1 N–H and O–H groups in total. The molecule has 0 spiro atoms. The average Bonchev–Trinajstić information content (AvgIpc) is 3.23. The maximum absolute atomic E-state index is 13.3. The molecule has 0 bridgehead atoms. The van der Waals surface area contributed by atoms with Crippen LogP contribution in [0, 0.1) is 5.92 Å². The van der Waals surface area contributed by atoms with Crippen LogP contribution in [0.2, 0.25) is 0 Å². The number of aromatic amines is 1. The number of H-pyrrole nitrogens is 1. The van der Waals surface area contributed by atoms with Crippen LogP contribution in [0.3, 0.4) is 0 Å². The monoisotopic (exact) mass is 436 g/mol. The molecule has 4 aromatic rings. The van der Waals surface area contributed by atoms with Gasteiger partial charge in [-0.1, -0.05) is 38.5 Å². The van der Waals surface area contributed by atoms with Crippen molar-refractivity contribution in [1.29, 1.82) is 0 Å². The van der Waals surface area contributed by atoms with Crippen molar-refractivity contribution in [3.8, 4) is 5.95 Å². The van der Waals surface area contributed by atoms with Gasteiger partial charge in [-0.3, -0.25) is 14.2 Å². The van der Waals surface area contributed by atoms with Gasteiger partial charge in [0.05, 0.1) is 21.8 Å². The Bertz CT molecular complexity index is 1390. The number of aromatic nitrogens is 6. The van der Waals surface area contributed by atoms with Crippen molar-refractivity contribution in [1.82, 2.24) is 29.3 Å². The van der Waals surface area contributed by atoms with E-state index in [2.05, 4.69) is 27.1 Å². The zero-order valence-electron chi connectivity index (χ0n) is 17.5. The van der Waals surface area contributed by atoms with E-state index >= 15 is 0 Å². The highest BCUT2D eigenvalue weighted by Gasteiger charge is 2.24. The molecule has 0 unspecified atom stereocenters. The molecule has 0 saturated heterocycles. The molecule has 0 radical (unpaired) electrons. The van der Waals surface area contributed by atoms with Crippen LogP contribution >= 0.6 is 11.8 Å². The standard InChI is InChI=1S/C22H24N6O2S/c1-3-31-22-24-21(25-26-22)28-11-9-17-15(20(28)30)12-14-16(23-17)8-10-27(19(14)29)18-7-5-4-6-13(18)2/h8-13,18H,3-7H2,1-2H3,(H,24,25,26)/t13-,18-/m1/s1. The van der Waals surface area contributed by atoms with Crippen molar-refractivity contribution >= 4 is 33.6 Å². The van der Waals surface area contributed by atoms with Gasteiger partial charge in [-0.05, 0) is 42.7 Å².